The summed E-state index contributed by atoms with van der Waals surface area (Å²) >= 11 is 0. The Morgan fingerprint density at radius 3 is 2.50 bits per heavy atom. The van der Waals surface area contributed by atoms with Crippen molar-refractivity contribution in [2.45, 2.75) is 26.3 Å². The van der Waals surface area contributed by atoms with Gasteiger partial charge in [0.25, 0.3) is 0 Å². The van der Waals surface area contributed by atoms with Crippen LogP contribution in [0, 0.1) is 0 Å². The van der Waals surface area contributed by atoms with Gasteiger partial charge in [-0.1, -0.05) is 37.3 Å². The Labute approximate surface area is 97.2 Å². The second kappa shape index (κ2) is 5.82. The minimum atomic E-state index is -3.32. The minimum Gasteiger partial charge on any atom is -0.209 e. The van der Waals surface area contributed by atoms with Crippen LogP contribution in [0.3, 0.4) is 0 Å². The Bertz CT molecular complexity index is 437. The van der Waals surface area contributed by atoms with Gasteiger partial charge in [-0.05, 0) is 25.0 Å². The van der Waals surface area contributed by atoms with Gasteiger partial charge in [-0.2, -0.15) is 0 Å². The fraction of sp³-hybridized carbons (Fsp3) is 0.333. The molecule has 1 aromatic carbocycles. The molecule has 3 nitrogen and oxygen atoms in total. The van der Waals surface area contributed by atoms with Crippen molar-refractivity contribution < 1.29 is 8.42 Å². The lowest BCUT2D eigenvalue weighted by molar-refractivity contribution is 0.564. The molecule has 88 valence electrons. The van der Waals surface area contributed by atoms with Gasteiger partial charge >= 0.3 is 0 Å². The maximum atomic E-state index is 11.6. The largest absolute Gasteiger partial charge is 0.233 e. The summed E-state index contributed by atoms with van der Waals surface area (Å²) < 4.78 is 25.7. The molecule has 0 fully saturated rings. The van der Waals surface area contributed by atoms with Gasteiger partial charge in [0.1, 0.15) is 0 Å². The summed E-state index contributed by atoms with van der Waals surface area (Å²) in [5, 5.41) is 1.20. The summed E-state index contributed by atoms with van der Waals surface area (Å²) in [6.45, 7) is 3.78. The fourth-order valence-corrected chi connectivity index (χ4v) is 2.28. The van der Waals surface area contributed by atoms with E-state index in [0.29, 0.717) is 0 Å². The standard InChI is InChI=1S/C12H17NO2S/c1-3-11(2)13-16(14,15)10-9-12-7-5-4-6-8-12/h4-11,13H,3H2,1-2H3/b10-9+. The van der Waals surface area contributed by atoms with Gasteiger partial charge in [0.15, 0.2) is 0 Å². The van der Waals surface area contributed by atoms with Crippen molar-refractivity contribution in [3.8, 4) is 0 Å². The molecule has 0 saturated carbocycles. The molecule has 0 radical (unpaired) electrons. The van der Waals surface area contributed by atoms with Crippen molar-refractivity contribution in [3.05, 3.63) is 41.3 Å². The smallest absolute Gasteiger partial charge is 0.209 e. The van der Waals surface area contributed by atoms with Crippen molar-refractivity contribution >= 4 is 16.1 Å². The molecule has 0 bridgehead atoms. The lowest BCUT2D eigenvalue weighted by Crippen LogP contribution is -2.30. The van der Waals surface area contributed by atoms with Gasteiger partial charge in [-0.3, -0.25) is 0 Å². The van der Waals surface area contributed by atoms with E-state index in [0.717, 1.165) is 12.0 Å². The van der Waals surface area contributed by atoms with Crippen LogP contribution >= 0.6 is 0 Å². The van der Waals surface area contributed by atoms with Gasteiger partial charge in [0.2, 0.25) is 10.0 Å². The molecule has 1 N–H and O–H groups in total. The highest BCUT2D eigenvalue weighted by Gasteiger charge is 2.08. The van der Waals surface area contributed by atoms with Crippen LogP contribution in [0.25, 0.3) is 6.08 Å². The molecule has 0 aromatic heterocycles. The zero-order chi connectivity index (χ0) is 12.0. The lowest BCUT2D eigenvalue weighted by Gasteiger charge is -2.08. The predicted molar refractivity (Wildman–Crippen MR) is 67.3 cm³/mol. The SMILES string of the molecule is CCC(C)NS(=O)(=O)/C=C/c1ccccc1. The number of rotatable bonds is 5. The summed E-state index contributed by atoms with van der Waals surface area (Å²) in [6.07, 6.45) is 2.36. The Balaban J connectivity index is 2.70. The highest BCUT2D eigenvalue weighted by molar-refractivity contribution is 7.92. The van der Waals surface area contributed by atoms with E-state index in [9.17, 15) is 8.42 Å². The first-order valence-electron chi connectivity index (χ1n) is 5.29. The van der Waals surface area contributed by atoms with Crippen molar-refractivity contribution in [2.24, 2.45) is 0 Å². The van der Waals surface area contributed by atoms with E-state index < -0.39 is 10.0 Å². The lowest BCUT2D eigenvalue weighted by atomic mass is 10.2. The third kappa shape index (κ3) is 4.59. The summed E-state index contributed by atoms with van der Waals surface area (Å²) in [5.74, 6) is 0. The van der Waals surface area contributed by atoms with Crippen LogP contribution in [0.1, 0.15) is 25.8 Å². The molecular weight excluding hydrogens is 222 g/mol. The molecular formula is C12H17NO2S. The molecule has 0 aliphatic rings. The molecule has 1 rings (SSSR count). The maximum absolute atomic E-state index is 11.6. The Morgan fingerprint density at radius 1 is 1.31 bits per heavy atom. The quantitative estimate of drug-likeness (QED) is 0.857. The van der Waals surface area contributed by atoms with E-state index in [2.05, 4.69) is 4.72 Å². The van der Waals surface area contributed by atoms with Crippen LogP contribution in [0.2, 0.25) is 0 Å². The predicted octanol–water partition coefficient (Wildman–Crippen LogP) is 2.38. The van der Waals surface area contributed by atoms with Crippen LogP contribution < -0.4 is 4.72 Å². The highest BCUT2D eigenvalue weighted by Crippen LogP contribution is 2.03. The average Bonchev–Trinajstić information content (AvgIpc) is 2.27. The monoisotopic (exact) mass is 239 g/mol. The Hall–Kier alpha value is -1.13. The van der Waals surface area contributed by atoms with E-state index in [1.54, 1.807) is 6.08 Å². The van der Waals surface area contributed by atoms with E-state index in [-0.39, 0.29) is 6.04 Å². The number of benzene rings is 1. The topological polar surface area (TPSA) is 46.2 Å². The normalized spacial score (nSPS) is 14.1. The molecule has 0 saturated heterocycles. The van der Waals surface area contributed by atoms with Crippen LogP contribution in [0.15, 0.2) is 35.7 Å². The van der Waals surface area contributed by atoms with Gasteiger partial charge in [0.05, 0.1) is 0 Å². The number of nitrogens with one attached hydrogen (secondary N) is 1. The average molecular weight is 239 g/mol. The highest BCUT2D eigenvalue weighted by atomic mass is 32.2. The first-order chi connectivity index (χ1) is 7.53. The second-order valence-electron chi connectivity index (χ2n) is 3.69. The molecule has 1 atom stereocenters. The zero-order valence-corrected chi connectivity index (χ0v) is 10.4. The molecule has 0 aliphatic heterocycles. The summed E-state index contributed by atoms with van der Waals surface area (Å²) in [7, 11) is -3.32. The zero-order valence-electron chi connectivity index (χ0n) is 9.55. The van der Waals surface area contributed by atoms with E-state index in [1.807, 2.05) is 44.2 Å². The number of sulfonamides is 1. The minimum absolute atomic E-state index is 0.0366. The van der Waals surface area contributed by atoms with E-state index in [1.165, 1.54) is 5.41 Å². The van der Waals surface area contributed by atoms with Crippen molar-refractivity contribution in [1.29, 1.82) is 0 Å². The molecule has 0 aliphatic carbocycles. The van der Waals surface area contributed by atoms with Crippen LogP contribution in [-0.4, -0.2) is 14.5 Å². The van der Waals surface area contributed by atoms with Crippen molar-refractivity contribution in [2.75, 3.05) is 0 Å². The van der Waals surface area contributed by atoms with Gasteiger partial charge in [0, 0.05) is 11.4 Å². The summed E-state index contributed by atoms with van der Waals surface area (Å²) in [6, 6.07) is 9.31. The van der Waals surface area contributed by atoms with E-state index in [4.69, 9.17) is 0 Å². The van der Waals surface area contributed by atoms with Crippen LogP contribution in [-0.2, 0) is 10.0 Å². The second-order valence-corrected chi connectivity index (χ2v) is 5.28. The molecule has 4 heteroatoms. The third-order valence-electron chi connectivity index (χ3n) is 2.22. The Morgan fingerprint density at radius 2 is 1.94 bits per heavy atom. The molecule has 16 heavy (non-hydrogen) atoms. The fourth-order valence-electron chi connectivity index (χ4n) is 1.14. The summed E-state index contributed by atoms with van der Waals surface area (Å²) in [4.78, 5) is 0. The summed E-state index contributed by atoms with van der Waals surface area (Å²) in [5.41, 5.74) is 0.872. The maximum Gasteiger partial charge on any atom is 0.233 e. The van der Waals surface area contributed by atoms with E-state index >= 15 is 0 Å². The molecule has 1 aromatic rings. The van der Waals surface area contributed by atoms with Gasteiger partial charge in [-0.15, -0.1) is 0 Å². The molecule has 0 amide bonds. The van der Waals surface area contributed by atoms with Crippen LogP contribution in [0.5, 0.6) is 0 Å². The Kier molecular flexibility index (Phi) is 4.71. The van der Waals surface area contributed by atoms with Crippen molar-refractivity contribution in [3.63, 3.8) is 0 Å². The first kappa shape index (κ1) is 12.9. The number of hydrogen-bond acceptors (Lipinski definition) is 2. The first-order valence-corrected chi connectivity index (χ1v) is 6.83. The van der Waals surface area contributed by atoms with Crippen molar-refractivity contribution in [1.82, 2.24) is 4.72 Å². The molecule has 0 heterocycles. The molecule has 0 spiro atoms. The number of hydrogen-bond donors (Lipinski definition) is 1. The third-order valence-corrected chi connectivity index (χ3v) is 3.44. The van der Waals surface area contributed by atoms with Gasteiger partial charge in [-0.25, -0.2) is 13.1 Å². The van der Waals surface area contributed by atoms with Gasteiger partial charge < -0.3 is 0 Å². The van der Waals surface area contributed by atoms with Crippen LogP contribution in [0.4, 0.5) is 0 Å². The molecule has 1 unspecified atom stereocenters.